The molecule has 158 valence electrons. The number of nitrogens with two attached hydrogens (primary N) is 1. The third kappa shape index (κ3) is 3.22. The van der Waals surface area contributed by atoms with E-state index in [1.54, 1.807) is 24.3 Å². The number of benzene rings is 1. The van der Waals surface area contributed by atoms with Crippen LogP contribution < -0.4 is 16.0 Å². The number of carbonyl (C=O) groups excluding carboxylic acids is 1. The number of imidazole rings is 1. The number of aromatic nitrogens is 4. The minimum Gasteiger partial charge on any atom is -0.497 e. The predicted octanol–water partition coefficient (Wildman–Crippen LogP) is -0.683. The van der Waals surface area contributed by atoms with Crippen LogP contribution in [-0.2, 0) is 21.7 Å². The largest absolute Gasteiger partial charge is 0.497 e. The van der Waals surface area contributed by atoms with Crippen molar-refractivity contribution in [3.63, 3.8) is 0 Å². The molecule has 3 aromatic rings. The van der Waals surface area contributed by atoms with Gasteiger partial charge in [0.1, 0.15) is 18.2 Å². The first kappa shape index (κ1) is 20.0. The van der Waals surface area contributed by atoms with Gasteiger partial charge in [0.05, 0.1) is 19.8 Å². The molecular weight excluding hydrogens is 394 g/mol. The van der Waals surface area contributed by atoms with Gasteiger partial charge in [0, 0.05) is 12.8 Å². The molecule has 0 spiro atoms. The number of hydrogen-bond acceptors (Lipinski definition) is 9. The van der Waals surface area contributed by atoms with Gasteiger partial charge in [-0.15, -0.1) is 0 Å². The fraction of sp³-hybridized carbons (Fsp3) is 0.368. The average molecular weight is 415 g/mol. The molecule has 1 aliphatic heterocycles. The summed E-state index contributed by atoms with van der Waals surface area (Å²) in [7, 11) is 1.52. The zero-order valence-electron chi connectivity index (χ0n) is 16.1. The summed E-state index contributed by atoms with van der Waals surface area (Å²) in [5.74, 6) is 0.0246. The zero-order valence-corrected chi connectivity index (χ0v) is 16.1. The number of ether oxygens (including phenoxy) is 2. The lowest BCUT2D eigenvalue weighted by Crippen LogP contribution is -2.43. The molecule has 0 unspecified atom stereocenters. The van der Waals surface area contributed by atoms with Crippen molar-refractivity contribution in [3.05, 3.63) is 46.5 Å². The number of nitrogens with one attached hydrogen (secondary N) is 1. The quantitative estimate of drug-likeness (QED) is 0.408. The molecular formula is C19H21N5O6. The smallest absolute Gasteiger partial charge is 0.280 e. The average Bonchev–Trinajstić information content (AvgIpc) is 3.30. The van der Waals surface area contributed by atoms with Gasteiger partial charge in [0.2, 0.25) is 11.7 Å². The van der Waals surface area contributed by atoms with Crippen LogP contribution in [-0.4, -0.2) is 61.4 Å². The van der Waals surface area contributed by atoms with Gasteiger partial charge in [0.15, 0.2) is 16.9 Å². The highest BCUT2D eigenvalue weighted by Crippen LogP contribution is 2.38. The van der Waals surface area contributed by atoms with Crippen LogP contribution >= 0.6 is 0 Å². The number of Topliss-reactive ketones (excluding diaryl/α,β-unsaturated/α-hetero) is 1. The van der Waals surface area contributed by atoms with E-state index in [1.165, 1.54) is 18.0 Å². The van der Waals surface area contributed by atoms with Crippen LogP contribution in [0.2, 0.25) is 0 Å². The maximum absolute atomic E-state index is 13.5. The number of nitrogens with zero attached hydrogens (tertiary/aromatic N) is 3. The molecule has 1 aromatic carbocycles. The van der Waals surface area contributed by atoms with Crippen LogP contribution in [0.3, 0.4) is 0 Å². The molecule has 5 N–H and O–H groups in total. The molecule has 11 nitrogen and oxygen atoms in total. The normalized spacial score (nSPS) is 23.7. The van der Waals surface area contributed by atoms with Gasteiger partial charge in [-0.25, -0.2) is 4.98 Å². The molecule has 0 radical (unpaired) electrons. The minimum atomic E-state index is -1.72. The predicted molar refractivity (Wildman–Crippen MR) is 105 cm³/mol. The lowest BCUT2D eigenvalue weighted by Gasteiger charge is -2.29. The number of nitrogen functional groups attached to an aromatic ring is 1. The maximum atomic E-state index is 13.5. The second-order valence-corrected chi connectivity index (χ2v) is 7.08. The number of H-pyrrole nitrogens is 1. The molecule has 0 saturated carbocycles. The number of hydrogen-bond donors (Lipinski definition) is 4. The lowest BCUT2D eigenvalue weighted by atomic mass is 9.96. The first-order valence-electron chi connectivity index (χ1n) is 9.24. The van der Waals surface area contributed by atoms with E-state index in [9.17, 15) is 19.8 Å². The molecule has 30 heavy (non-hydrogen) atoms. The summed E-state index contributed by atoms with van der Waals surface area (Å²) in [4.78, 5) is 36.2. The van der Waals surface area contributed by atoms with Gasteiger partial charge < -0.3 is 25.4 Å². The molecule has 0 amide bonds. The Morgan fingerprint density at radius 2 is 2.30 bits per heavy atom. The van der Waals surface area contributed by atoms with Crippen LogP contribution in [0.4, 0.5) is 5.95 Å². The SMILES string of the molecule is COc1cccc(CC(=O)[C@]2(n3cnc4c(=O)[nH]c(N)nc43)C[C@H](O)[C@@H](CO)O2)c1. The highest BCUT2D eigenvalue weighted by molar-refractivity contribution is 5.89. The number of methoxy groups -OCH3 is 1. The third-order valence-corrected chi connectivity index (χ3v) is 5.19. The van der Waals surface area contributed by atoms with Crippen molar-refractivity contribution in [2.75, 3.05) is 19.5 Å². The fourth-order valence-corrected chi connectivity index (χ4v) is 3.72. The van der Waals surface area contributed by atoms with E-state index < -0.39 is 35.9 Å². The Balaban J connectivity index is 1.82. The molecule has 0 bridgehead atoms. The summed E-state index contributed by atoms with van der Waals surface area (Å²) in [6, 6.07) is 6.98. The number of rotatable bonds is 6. The molecule has 2 aromatic heterocycles. The maximum Gasteiger partial charge on any atom is 0.280 e. The first-order chi connectivity index (χ1) is 14.4. The van der Waals surface area contributed by atoms with Crippen molar-refractivity contribution in [1.29, 1.82) is 0 Å². The molecule has 3 heterocycles. The number of carbonyl (C=O) groups is 1. The van der Waals surface area contributed by atoms with Gasteiger partial charge in [-0.2, -0.15) is 4.98 Å². The summed E-state index contributed by atoms with van der Waals surface area (Å²) in [6.45, 7) is -0.488. The number of aromatic amines is 1. The summed E-state index contributed by atoms with van der Waals surface area (Å²) in [6.07, 6.45) is -1.05. The topological polar surface area (TPSA) is 166 Å². The number of fused-ring (bicyclic) bond motifs is 1. The fourth-order valence-electron chi connectivity index (χ4n) is 3.72. The van der Waals surface area contributed by atoms with Crippen LogP contribution in [0.1, 0.15) is 12.0 Å². The van der Waals surface area contributed by atoms with Crippen molar-refractivity contribution in [2.45, 2.75) is 30.8 Å². The molecule has 1 fully saturated rings. The van der Waals surface area contributed by atoms with E-state index in [-0.39, 0.29) is 30.0 Å². The summed E-state index contributed by atoms with van der Waals surface area (Å²) < 4.78 is 12.4. The molecule has 1 saturated heterocycles. The van der Waals surface area contributed by atoms with Crippen molar-refractivity contribution in [2.24, 2.45) is 0 Å². The second kappa shape index (κ2) is 7.52. The minimum absolute atomic E-state index is 0.0247. The van der Waals surface area contributed by atoms with Crippen molar-refractivity contribution < 1.29 is 24.5 Å². The monoisotopic (exact) mass is 415 g/mol. The van der Waals surface area contributed by atoms with Gasteiger partial charge in [-0.3, -0.25) is 19.1 Å². The molecule has 0 aliphatic carbocycles. The second-order valence-electron chi connectivity index (χ2n) is 7.08. The van der Waals surface area contributed by atoms with Gasteiger partial charge in [-0.1, -0.05) is 12.1 Å². The van der Waals surface area contributed by atoms with Crippen molar-refractivity contribution in [3.8, 4) is 5.75 Å². The van der Waals surface area contributed by atoms with Crippen LogP contribution in [0, 0.1) is 0 Å². The molecule has 4 rings (SSSR count). The lowest BCUT2D eigenvalue weighted by molar-refractivity contribution is -0.160. The standard InChI is InChI=1S/C19H21N5O6/c1-29-11-4-2-3-10(5-11)6-14(27)19(7-12(26)13(8-25)30-19)24-9-21-15-16(24)22-18(20)23-17(15)28/h2-5,9,12-13,25-26H,6-8H2,1H3,(H3,20,22,23,28)/t12-,13+,19-/m0/s1. The Kier molecular flexibility index (Phi) is 5.02. The first-order valence-corrected chi connectivity index (χ1v) is 9.24. The Bertz CT molecular complexity index is 1160. The highest BCUT2D eigenvalue weighted by Gasteiger charge is 2.53. The Labute approximate surface area is 170 Å². The summed E-state index contributed by atoms with van der Waals surface area (Å²) in [5.41, 5.74) is 4.06. The molecule has 1 aliphatic rings. The Hall–Kier alpha value is -3.28. The van der Waals surface area contributed by atoms with Gasteiger partial charge in [-0.05, 0) is 17.7 Å². The number of aliphatic hydroxyl groups excluding tert-OH is 2. The van der Waals surface area contributed by atoms with Crippen molar-refractivity contribution >= 4 is 22.9 Å². The number of ketones is 1. The van der Waals surface area contributed by atoms with E-state index in [0.717, 1.165) is 0 Å². The van der Waals surface area contributed by atoms with E-state index >= 15 is 0 Å². The number of aliphatic hydroxyl groups is 2. The van der Waals surface area contributed by atoms with E-state index in [4.69, 9.17) is 15.2 Å². The van der Waals surface area contributed by atoms with E-state index in [1.807, 2.05) is 0 Å². The summed E-state index contributed by atoms with van der Waals surface area (Å²) in [5, 5.41) is 20.0. The van der Waals surface area contributed by atoms with E-state index in [0.29, 0.717) is 11.3 Å². The van der Waals surface area contributed by atoms with E-state index in [2.05, 4.69) is 15.0 Å². The van der Waals surface area contributed by atoms with Crippen molar-refractivity contribution in [1.82, 2.24) is 19.5 Å². The zero-order chi connectivity index (χ0) is 21.5. The number of anilines is 1. The Morgan fingerprint density at radius 3 is 3.00 bits per heavy atom. The molecule has 11 heteroatoms. The highest BCUT2D eigenvalue weighted by atomic mass is 16.6. The molecule has 3 atom stereocenters. The van der Waals surface area contributed by atoms with Crippen LogP contribution in [0.25, 0.3) is 11.2 Å². The van der Waals surface area contributed by atoms with Crippen LogP contribution in [0.5, 0.6) is 5.75 Å². The van der Waals surface area contributed by atoms with Crippen LogP contribution in [0.15, 0.2) is 35.4 Å². The Morgan fingerprint density at radius 1 is 1.50 bits per heavy atom. The third-order valence-electron chi connectivity index (χ3n) is 5.19. The van der Waals surface area contributed by atoms with Gasteiger partial charge in [0.25, 0.3) is 5.56 Å². The summed E-state index contributed by atoms with van der Waals surface area (Å²) >= 11 is 0. The van der Waals surface area contributed by atoms with Gasteiger partial charge >= 0.3 is 0 Å².